The molecule has 0 radical (unpaired) electrons. The summed E-state index contributed by atoms with van der Waals surface area (Å²) in [5.74, 6) is 3.13. The Morgan fingerprint density at radius 2 is 2.18 bits per heavy atom. The molecule has 0 spiro atoms. The zero-order valence-corrected chi connectivity index (χ0v) is 10.7. The van der Waals surface area contributed by atoms with Crippen LogP contribution < -0.4 is 10.1 Å². The Hall–Kier alpha value is -1.60. The van der Waals surface area contributed by atoms with E-state index in [2.05, 4.69) is 11.2 Å². The van der Waals surface area contributed by atoms with Crippen molar-refractivity contribution in [3.05, 3.63) is 24.3 Å². The molecule has 0 aromatic heterocycles. The van der Waals surface area contributed by atoms with Crippen molar-refractivity contribution in [1.29, 1.82) is 0 Å². The topological polar surface area (TPSA) is 38.3 Å². The van der Waals surface area contributed by atoms with Gasteiger partial charge in [-0.1, -0.05) is 5.92 Å². The van der Waals surface area contributed by atoms with E-state index in [1.54, 1.807) is 7.11 Å². The first kappa shape index (κ1) is 13.5. The fourth-order valence-corrected chi connectivity index (χ4v) is 2.09. The van der Waals surface area contributed by atoms with Crippen LogP contribution in [0, 0.1) is 12.3 Å². The highest BCUT2D eigenvalue weighted by molar-refractivity contribution is 8.00. The minimum atomic E-state index is -0.170. The maximum absolute atomic E-state index is 11.6. The lowest BCUT2D eigenvalue weighted by molar-refractivity contribution is -0.120. The third-order valence-corrected chi connectivity index (χ3v) is 3.22. The highest BCUT2D eigenvalue weighted by Crippen LogP contribution is 2.25. The van der Waals surface area contributed by atoms with E-state index < -0.39 is 0 Å². The first-order chi connectivity index (χ1) is 8.17. The Labute approximate surface area is 106 Å². The largest absolute Gasteiger partial charge is 0.497 e. The molecule has 90 valence electrons. The Bertz CT molecular complexity index is 408. The summed E-state index contributed by atoms with van der Waals surface area (Å²) in [6.45, 7) is 2.12. The Kier molecular flexibility index (Phi) is 5.44. The van der Waals surface area contributed by atoms with Crippen LogP contribution in [-0.2, 0) is 4.79 Å². The van der Waals surface area contributed by atoms with Crippen molar-refractivity contribution < 1.29 is 9.53 Å². The second-order valence-corrected chi connectivity index (χ2v) is 4.77. The van der Waals surface area contributed by atoms with Crippen LogP contribution in [0.15, 0.2) is 29.2 Å². The van der Waals surface area contributed by atoms with Crippen molar-refractivity contribution in [1.82, 2.24) is 5.32 Å². The molecule has 0 aliphatic heterocycles. The highest BCUT2D eigenvalue weighted by Gasteiger charge is 2.13. The molecule has 4 heteroatoms. The number of methoxy groups -OCH3 is 1. The molecule has 3 nitrogen and oxygen atoms in total. The standard InChI is InChI=1S/C13H15NO2S/c1-4-9-14-13(15)10(2)17-12-7-5-11(16-3)6-8-12/h1,5-8,10H,9H2,2-3H3,(H,14,15)/t10-/m0/s1. The summed E-state index contributed by atoms with van der Waals surface area (Å²) in [4.78, 5) is 12.6. The molecule has 0 unspecified atom stereocenters. The molecule has 1 atom stereocenters. The number of rotatable bonds is 5. The molecule has 1 rings (SSSR count). The molecule has 1 aromatic rings. The predicted molar refractivity (Wildman–Crippen MR) is 70.2 cm³/mol. The molecule has 0 aliphatic carbocycles. The second kappa shape index (κ2) is 6.87. The number of carbonyl (C=O) groups excluding carboxylic acids is 1. The minimum absolute atomic E-state index is 0.0521. The molecule has 0 saturated heterocycles. The number of nitrogens with one attached hydrogen (secondary N) is 1. The van der Waals surface area contributed by atoms with Crippen molar-refractivity contribution in [3.63, 3.8) is 0 Å². The van der Waals surface area contributed by atoms with Gasteiger partial charge in [0.25, 0.3) is 0 Å². The van der Waals surface area contributed by atoms with Gasteiger partial charge in [-0.3, -0.25) is 4.79 Å². The van der Waals surface area contributed by atoms with Gasteiger partial charge in [0, 0.05) is 4.90 Å². The summed E-state index contributed by atoms with van der Waals surface area (Å²) in [5, 5.41) is 2.48. The molecule has 0 bridgehead atoms. The monoisotopic (exact) mass is 249 g/mol. The Morgan fingerprint density at radius 1 is 1.53 bits per heavy atom. The van der Waals surface area contributed by atoms with E-state index in [0.29, 0.717) is 0 Å². The van der Waals surface area contributed by atoms with Crippen LogP contribution in [-0.4, -0.2) is 24.8 Å². The van der Waals surface area contributed by atoms with Gasteiger partial charge in [0.2, 0.25) is 5.91 Å². The molecule has 0 fully saturated rings. The molecule has 0 aliphatic rings. The maximum Gasteiger partial charge on any atom is 0.233 e. The van der Waals surface area contributed by atoms with E-state index in [1.165, 1.54) is 11.8 Å². The first-order valence-electron chi connectivity index (χ1n) is 5.19. The first-order valence-corrected chi connectivity index (χ1v) is 6.07. The fourth-order valence-electron chi connectivity index (χ4n) is 1.19. The quantitative estimate of drug-likeness (QED) is 0.640. The predicted octanol–water partition coefficient (Wildman–Crippen LogP) is 1.93. The van der Waals surface area contributed by atoms with Gasteiger partial charge in [0.05, 0.1) is 18.9 Å². The summed E-state index contributed by atoms with van der Waals surface area (Å²) in [6, 6.07) is 7.59. The molecule has 1 N–H and O–H groups in total. The molecular formula is C13H15NO2S. The zero-order chi connectivity index (χ0) is 12.7. The summed E-state index contributed by atoms with van der Waals surface area (Å²) in [6.07, 6.45) is 5.08. The third-order valence-electron chi connectivity index (χ3n) is 2.11. The van der Waals surface area contributed by atoms with Crippen LogP contribution in [0.1, 0.15) is 6.92 Å². The van der Waals surface area contributed by atoms with Gasteiger partial charge < -0.3 is 10.1 Å². The van der Waals surface area contributed by atoms with Crippen LogP contribution in [0.25, 0.3) is 0 Å². The van der Waals surface area contributed by atoms with Crippen LogP contribution >= 0.6 is 11.8 Å². The molecular weight excluding hydrogens is 234 g/mol. The van der Waals surface area contributed by atoms with E-state index in [4.69, 9.17) is 11.2 Å². The van der Waals surface area contributed by atoms with E-state index in [9.17, 15) is 4.79 Å². The van der Waals surface area contributed by atoms with E-state index >= 15 is 0 Å². The van der Waals surface area contributed by atoms with Crippen LogP contribution in [0.4, 0.5) is 0 Å². The molecule has 0 heterocycles. The average Bonchev–Trinajstić information content (AvgIpc) is 2.36. The highest BCUT2D eigenvalue weighted by atomic mass is 32.2. The molecule has 0 saturated carbocycles. The van der Waals surface area contributed by atoms with Gasteiger partial charge in [0.1, 0.15) is 5.75 Å². The third kappa shape index (κ3) is 4.41. The lowest BCUT2D eigenvalue weighted by Gasteiger charge is -2.10. The molecule has 1 amide bonds. The van der Waals surface area contributed by atoms with E-state index in [1.807, 2.05) is 31.2 Å². The Morgan fingerprint density at radius 3 is 2.71 bits per heavy atom. The summed E-state index contributed by atoms with van der Waals surface area (Å²) >= 11 is 1.49. The van der Waals surface area contributed by atoms with Crippen molar-refractivity contribution in [3.8, 4) is 18.1 Å². The second-order valence-electron chi connectivity index (χ2n) is 3.36. The van der Waals surface area contributed by atoms with Crippen LogP contribution in [0.5, 0.6) is 5.75 Å². The van der Waals surface area contributed by atoms with Crippen molar-refractivity contribution in [2.24, 2.45) is 0 Å². The number of terminal acetylenes is 1. The lowest BCUT2D eigenvalue weighted by Crippen LogP contribution is -2.30. The van der Waals surface area contributed by atoms with Gasteiger partial charge in [-0.05, 0) is 31.2 Å². The number of amides is 1. The van der Waals surface area contributed by atoms with Crippen molar-refractivity contribution in [2.75, 3.05) is 13.7 Å². The normalized spacial score (nSPS) is 11.4. The van der Waals surface area contributed by atoms with Gasteiger partial charge in [-0.25, -0.2) is 0 Å². The number of hydrogen-bond acceptors (Lipinski definition) is 3. The zero-order valence-electron chi connectivity index (χ0n) is 9.90. The lowest BCUT2D eigenvalue weighted by atomic mass is 10.3. The van der Waals surface area contributed by atoms with Crippen molar-refractivity contribution >= 4 is 17.7 Å². The molecule has 1 aromatic carbocycles. The maximum atomic E-state index is 11.6. The minimum Gasteiger partial charge on any atom is -0.497 e. The van der Waals surface area contributed by atoms with Crippen LogP contribution in [0.3, 0.4) is 0 Å². The number of thioether (sulfide) groups is 1. The van der Waals surface area contributed by atoms with Gasteiger partial charge in [0.15, 0.2) is 0 Å². The summed E-state index contributed by atoms with van der Waals surface area (Å²) in [5.41, 5.74) is 0. The van der Waals surface area contributed by atoms with E-state index in [-0.39, 0.29) is 17.7 Å². The smallest absolute Gasteiger partial charge is 0.233 e. The fraction of sp³-hybridized carbons (Fsp3) is 0.308. The van der Waals surface area contributed by atoms with Gasteiger partial charge in [-0.2, -0.15) is 0 Å². The van der Waals surface area contributed by atoms with Gasteiger partial charge >= 0.3 is 0 Å². The number of ether oxygens (including phenoxy) is 1. The van der Waals surface area contributed by atoms with E-state index in [0.717, 1.165) is 10.6 Å². The Balaban J connectivity index is 2.52. The SMILES string of the molecule is C#CCNC(=O)[C@H](C)Sc1ccc(OC)cc1. The molecule has 17 heavy (non-hydrogen) atoms. The summed E-state index contributed by atoms with van der Waals surface area (Å²) in [7, 11) is 1.62. The van der Waals surface area contributed by atoms with Gasteiger partial charge in [-0.15, -0.1) is 18.2 Å². The summed E-state index contributed by atoms with van der Waals surface area (Å²) < 4.78 is 5.06. The number of benzene rings is 1. The average molecular weight is 249 g/mol. The van der Waals surface area contributed by atoms with Crippen LogP contribution in [0.2, 0.25) is 0 Å². The number of hydrogen-bond donors (Lipinski definition) is 1. The number of carbonyl (C=O) groups is 1. The van der Waals surface area contributed by atoms with Crippen molar-refractivity contribution in [2.45, 2.75) is 17.1 Å².